The Kier molecular flexibility index (Phi) is 5.38. The summed E-state index contributed by atoms with van der Waals surface area (Å²) < 4.78 is 18.7. The molecule has 1 aromatic carbocycles. The zero-order valence-electron chi connectivity index (χ0n) is 12.4. The van der Waals surface area contributed by atoms with Gasteiger partial charge in [0.25, 0.3) is 0 Å². The van der Waals surface area contributed by atoms with Crippen molar-refractivity contribution in [2.45, 2.75) is 32.2 Å². The van der Waals surface area contributed by atoms with E-state index in [2.05, 4.69) is 11.8 Å². The summed E-state index contributed by atoms with van der Waals surface area (Å²) in [4.78, 5) is 2.41. The van der Waals surface area contributed by atoms with Crippen LogP contribution in [0.5, 0.6) is 5.75 Å². The molecule has 0 bridgehead atoms. The fraction of sp³-hybridized carbons (Fsp3) is 0.625. The Hall–Kier alpha value is -1.13. The summed E-state index contributed by atoms with van der Waals surface area (Å²) in [6.07, 6.45) is 3.80. The number of ether oxygens (including phenoxy) is 1. The number of hydrogen-bond donors (Lipinski definition) is 1. The van der Waals surface area contributed by atoms with Gasteiger partial charge in [0.15, 0.2) is 11.6 Å². The number of halogens is 1. The van der Waals surface area contributed by atoms with Gasteiger partial charge in [-0.15, -0.1) is 0 Å². The van der Waals surface area contributed by atoms with Gasteiger partial charge >= 0.3 is 0 Å². The van der Waals surface area contributed by atoms with Crippen molar-refractivity contribution in [2.24, 2.45) is 11.7 Å². The summed E-state index contributed by atoms with van der Waals surface area (Å²) >= 11 is 0. The Labute approximate surface area is 120 Å². The van der Waals surface area contributed by atoms with Crippen LogP contribution in [-0.2, 0) is 0 Å². The zero-order valence-corrected chi connectivity index (χ0v) is 12.4. The van der Waals surface area contributed by atoms with Gasteiger partial charge in [0.1, 0.15) is 0 Å². The Morgan fingerprint density at radius 1 is 1.45 bits per heavy atom. The lowest BCUT2D eigenvalue weighted by Gasteiger charge is -2.25. The van der Waals surface area contributed by atoms with Crippen LogP contribution in [0.15, 0.2) is 18.2 Å². The number of nitrogens with two attached hydrogens (primary N) is 1. The smallest absolute Gasteiger partial charge is 0.165 e. The van der Waals surface area contributed by atoms with Crippen LogP contribution in [0.25, 0.3) is 0 Å². The number of benzene rings is 1. The van der Waals surface area contributed by atoms with Crippen LogP contribution in [0.2, 0.25) is 0 Å². The molecule has 1 aliphatic rings. The lowest BCUT2D eigenvalue weighted by atomic mass is 10.1. The molecule has 2 N–H and O–H groups in total. The summed E-state index contributed by atoms with van der Waals surface area (Å²) in [6.45, 7) is 5.15. The van der Waals surface area contributed by atoms with Crippen molar-refractivity contribution in [1.82, 2.24) is 4.90 Å². The highest BCUT2D eigenvalue weighted by Crippen LogP contribution is 2.30. The van der Waals surface area contributed by atoms with Crippen molar-refractivity contribution >= 4 is 0 Å². The van der Waals surface area contributed by atoms with Crippen LogP contribution in [0.4, 0.5) is 4.39 Å². The minimum atomic E-state index is -0.343. The zero-order chi connectivity index (χ0) is 14.5. The molecule has 1 fully saturated rings. The van der Waals surface area contributed by atoms with Crippen molar-refractivity contribution < 1.29 is 9.13 Å². The monoisotopic (exact) mass is 280 g/mol. The highest BCUT2D eigenvalue weighted by molar-refractivity contribution is 5.31. The molecule has 0 aliphatic heterocycles. The van der Waals surface area contributed by atoms with Crippen LogP contribution < -0.4 is 10.5 Å². The maximum absolute atomic E-state index is 13.7. The molecule has 0 aromatic heterocycles. The standard InChI is InChI=1S/C16H25FN2O/c1-3-8-19(10-12-4-5-12)11-15(18)13-6-7-16(20-2)14(17)9-13/h6-7,9,12,15H,3-5,8,10-11,18H2,1-2H3. The third-order valence-electron chi connectivity index (χ3n) is 3.81. The molecule has 0 heterocycles. The van der Waals surface area contributed by atoms with E-state index in [0.29, 0.717) is 0 Å². The number of nitrogens with zero attached hydrogens (tertiary/aromatic N) is 1. The Bertz CT molecular complexity index is 434. The van der Waals surface area contributed by atoms with E-state index in [-0.39, 0.29) is 17.6 Å². The average molecular weight is 280 g/mol. The maximum Gasteiger partial charge on any atom is 0.165 e. The fourth-order valence-corrected chi connectivity index (χ4v) is 2.54. The normalized spacial score (nSPS) is 16.4. The molecule has 3 nitrogen and oxygen atoms in total. The second-order valence-electron chi connectivity index (χ2n) is 5.70. The van der Waals surface area contributed by atoms with Crippen molar-refractivity contribution in [1.29, 1.82) is 0 Å². The van der Waals surface area contributed by atoms with Crippen molar-refractivity contribution in [2.75, 3.05) is 26.7 Å². The molecule has 1 aromatic rings. The van der Waals surface area contributed by atoms with Crippen LogP contribution in [-0.4, -0.2) is 31.6 Å². The van der Waals surface area contributed by atoms with Crippen molar-refractivity contribution in [3.8, 4) is 5.75 Å². The van der Waals surface area contributed by atoms with Gasteiger partial charge in [0.2, 0.25) is 0 Å². The second-order valence-corrected chi connectivity index (χ2v) is 5.70. The van der Waals surface area contributed by atoms with Crippen LogP contribution >= 0.6 is 0 Å². The Balaban J connectivity index is 1.97. The second kappa shape index (κ2) is 7.04. The van der Waals surface area contributed by atoms with E-state index in [1.165, 1.54) is 26.0 Å². The SMILES string of the molecule is CCCN(CC1CC1)CC(N)c1ccc(OC)c(F)c1. The molecule has 0 saturated heterocycles. The molecular formula is C16H25FN2O. The third-order valence-corrected chi connectivity index (χ3v) is 3.81. The molecule has 1 atom stereocenters. The van der Waals surface area contributed by atoms with Crippen LogP contribution in [0.3, 0.4) is 0 Å². The molecule has 4 heteroatoms. The van der Waals surface area contributed by atoms with E-state index >= 15 is 0 Å². The van der Waals surface area contributed by atoms with E-state index in [4.69, 9.17) is 10.5 Å². The molecule has 0 amide bonds. The van der Waals surface area contributed by atoms with E-state index in [1.54, 1.807) is 6.07 Å². The molecule has 112 valence electrons. The summed E-state index contributed by atoms with van der Waals surface area (Å²) in [7, 11) is 1.47. The van der Waals surface area contributed by atoms with E-state index in [9.17, 15) is 4.39 Å². The highest BCUT2D eigenvalue weighted by atomic mass is 19.1. The lowest BCUT2D eigenvalue weighted by molar-refractivity contribution is 0.248. The minimum Gasteiger partial charge on any atom is -0.494 e. The number of methoxy groups -OCH3 is 1. The number of rotatable bonds is 8. The van der Waals surface area contributed by atoms with E-state index in [0.717, 1.165) is 37.5 Å². The molecule has 2 rings (SSSR count). The van der Waals surface area contributed by atoms with E-state index < -0.39 is 0 Å². The first-order chi connectivity index (χ1) is 9.63. The fourth-order valence-electron chi connectivity index (χ4n) is 2.54. The molecule has 1 aliphatic carbocycles. The molecule has 1 saturated carbocycles. The van der Waals surface area contributed by atoms with Gasteiger partial charge in [-0.05, 0) is 49.4 Å². The average Bonchev–Trinajstić information content (AvgIpc) is 3.22. The summed E-state index contributed by atoms with van der Waals surface area (Å²) in [5, 5.41) is 0. The summed E-state index contributed by atoms with van der Waals surface area (Å²) in [5.41, 5.74) is 7.07. The third kappa shape index (κ3) is 4.18. The van der Waals surface area contributed by atoms with Gasteiger partial charge in [-0.1, -0.05) is 13.0 Å². The first-order valence-corrected chi connectivity index (χ1v) is 7.45. The van der Waals surface area contributed by atoms with E-state index in [1.807, 2.05) is 6.07 Å². The predicted octanol–water partition coefficient (Wildman–Crippen LogP) is 2.96. The summed E-state index contributed by atoms with van der Waals surface area (Å²) in [5.74, 6) is 0.774. The van der Waals surface area contributed by atoms with Crippen LogP contribution in [0.1, 0.15) is 37.8 Å². The Morgan fingerprint density at radius 2 is 2.20 bits per heavy atom. The topological polar surface area (TPSA) is 38.5 Å². The molecule has 1 unspecified atom stereocenters. The van der Waals surface area contributed by atoms with Crippen molar-refractivity contribution in [3.63, 3.8) is 0 Å². The molecule has 20 heavy (non-hydrogen) atoms. The first kappa shape index (κ1) is 15.3. The highest BCUT2D eigenvalue weighted by Gasteiger charge is 2.25. The number of hydrogen-bond acceptors (Lipinski definition) is 3. The van der Waals surface area contributed by atoms with Gasteiger partial charge in [0, 0.05) is 19.1 Å². The largest absolute Gasteiger partial charge is 0.494 e. The first-order valence-electron chi connectivity index (χ1n) is 7.45. The quantitative estimate of drug-likeness (QED) is 0.795. The van der Waals surface area contributed by atoms with Gasteiger partial charge < -0.3 is 15.4 Å². The van der Waals surface area contributed by atoms with Gasteiger partial charge in [-0.3, -0.25) is 0 Å². The lowest BCUT2D eigenvalue weighted by Crippen LogP contribution is -2.34. The molecular weight excluding hydrogens is 255 g/mol. The van der Waals surface area contributed by atoms with Gasteiger partial charge in [-0.2, -0.15) is 0 Å². The maximum atomic E-state index is 13.7. The minimum absolute atomic E-state index is 0.152. The van der Waals surface area contributed by atoms with Gasteiger partial charge in [0.05, 0.1) is 7.11 Å². The Morgan fingerprint density at radius 3 is 2.75 bits per heavy atom. The van der Waals surface area contributed by atoms with Gasteiger partial charge in [-0.25, -0.2) is 4.39 Å². The van der Waals surface area contributed by atoms with Crippen molar-refractivity contribution in [3.05, 3.63) is 29.6 Å². The molecule has 0 radical (unpaired) electrons. The summed E-state index contributed by atoms with van der Waals surface area (Å²) in [6, 6.07) is 4.84. The molecule has 0 spiro atoms. The van der Waals surface area contributed by atoms with Crippen LogP contribution in [0, 0.1) is 11.7 Å². The predicted molar refractivity (Wildman–Crippen MR) is 79.3 cm³/mol.